The molecule has 1 aromatic rings. The van der Waals surface area contributed by atoms with E-state index in [9.17, 15) is 18.0 Å². The van der Waals surface area contributed by atoms with Gasteiger partial charge in [0.1, 0.15) is 17.9 Å². The zero-order chi connectivity index (χ0) is 27.0. The topological polar surface area (TPSA) is 106 Å². The first-order valence-corrected chi connectivity index (χ1v) is 13.5. The number of carbonyl (C=O) groups excluding carboxylic acids is 2. The van der Waals surface area contributed by atoms with Crippen LogP contribution in [-0.4, -0.2) is 60.9 Å². The van der Waals surface area contributed by atoms with Crippen molar-refractivity contribution >= 4 is 43.4 Å². The summed E-state index contributed by atoms with van der Waals surface area (Å²) in [5.74, 6) is -1.37. The number of sulfone groups is 1. The Bertz CT molecular complexity index is 1320. The molecule has 3 rings (SSSR count). The molecule has 0 spiro atoms. The molecule has 1 saturated heterocycles. The molecule has 0 radical (unpaired) electrons. The number of benzene rings is 1. The molecule has 1 amide bonds. The van der Waals surface area contributed by atoms with Crippen molar-refractivity contribution in [3.8, 4) is 0 Å². The number of halogens is 1. The molecule has 0 aromatic heterocycles. The van der Waals surface area contributed by atoms with Crippen molar-refractivity contribution in [1.29, 1.82) is 0 Å². The van der Waals surface area contributed by atoms with Crippen LogP contribution in [0.4, 0.5) is 0 Å². The summed E-state index contributed by atoms with van der Waals surface area (Å²) < 4.78 is 33.5. The Morgan fingerprint density at radius 1 is 1.28 bits per heavy atom. The molecule has 2 aliphatic heterocycles. The Kier molecular flexibility index (Phi) is 7.85. The maximum absolute atomic E-state index is 13.6. The number of amides is 1. The summed E-state index contributed by atoms with van der Waals surface area (Å²) in [6, 6.07) is 7.52. The standard InChI is InChI=1S/C25H30BrN3O6S/c1-15(27-34-14-17-9-8-10-18(26)12-17)11-19-22(30)29-21(24(31)35-25(3,4)5)16(2)20(13-28(6)7)36(32,33)23(19)29/h8-13,23H,14H2,1-7H3/b19-11-,20-13+,27-15-. The zero-order valence-corrected chi connectivity index (χ0v) is 23.7. The molecule has 36 heavy (non-hydrogen) atoms. The predicted octanol–water partition coefficient (Wildman–Crippen LogP) is 3.88. The highest BCUT2D eigenvalue weighted by molar-refractivity contribution is 9.10. The highest BCUT2D eigenvalue weighted by Crippen LogP contribution is 2.45. The van der Waals surface area contributed by atoms with Crippen LogP contribution in [0.5, 0.6) is 0 Å². The molecule has 0 saturated carbocycles. The number of fused-ring (bicyclic) bond motifs is 1. The predicted molar refractivity (Wildman–Crippen MR) is 140 cm³/mol. The van der Waals surface area contributed by atoms with Crippen LogP contribution in [0.15, 0.2) is 67.9 Å². The molecule has 0 aliphatic carbocycles. The van der Waals surface area contributed by atoms with Gasteiger partial charge in [-0.2, -0.15) is 0 Å². The highest BCUT2D eigenvalue weighted by Gasteiger charge is 2.58. The minimum atomic E-state index is -4.03. The Balaban J connectivity index is 1.97. The lowest BCUT2D eigenvalue weighted by Crippen LogP contribution is -2.62. The summed E-state index contributed by atoms with van der Waals surface area (Å²) in [4.78, 5) is 34.1. The van der Waals surface area contributed by atoms with Crippen LogP contribution in [0, 0.1) is 0 Å². The van der Waals surface area contributed by atoms with Gasteiger partial charge in [-0.25, -0.2) is 13.2 Å². The molecule has 0 N–H and O–H groups in total. The van der Waals surface area contributed by atoms with Crippen LogP contribution < -0.4 is 0 Å². The van der Waals surface area contributed by atoms with Crippen molar-refractivity contribution in [2.45, 2.75) is 52.2 Å². The van der Waals surface area contributed by atoms with Crippen molar-refractivity contribution < 1.29 is 27.6 Å². The van der Waals surface area contributed by atoms with Gasteiger partial charge in [0.2, 0.25) is 9.84 Å². The van der Waals surface area contributed by atoms with E-state index in [2.05, 4.69) is 21.1 Å². The number of hydrogen-bond acceptors (Lipinski definition) is 8. The molecule has 1 unspecified atom stereocenters. The Labute approximate surface area is 220 Å². The van der Waals surface area contributed by atoms with E-state index in [1.54, 1.807) is 46.7 Å². The smallest absolute Gasteiger partial charge is 0.355 e. The number of esters is 1. The summed E-state index contributed by atoms with van der Waals surface area (Å²) in [5.41, 5.74) is 0.440. The summed E-state index contributed by atoms with van der Waals surface area (Å²) >= 11 is 3.39. The number of rotatable bonds is 6. The van der Waals surface area contributed by atoms with Crippen molar-refractivity contribution in [2.75, 3.05) is 14.1 Å². The number of carbonyl (C=O) groups is 2. The molecule has 1 aromatic carbocycles. The fourth-order valence-electron chi connectivity index (χ4n) is 3.78. The van der Waals surface area contributed by atoms with E-state index in [1.807, 2.05) is 24.3 Å². The van der Waals surface area contributed by atoms with Gasteiger partial charge in [0.05, 0.1) is 16.2 Å². The Hall–Kier alpha value is -2.92. The fraction of sp³-hybridized carbons (Fsp3) is 0.400. The van der Waals surface area contributed by atoms with E-state index in [0.717, 1.165) is 14.9 Å². The second-order valence-corrected chi connectivity index (χ2v) is 12.6. The number of oxime groups is 1. The quantitative estimate of drug-likeness (QED) is 0.165. The Morgan fingerprint density at radius 2 is 1.94 bits per heavy atom. The molecule has 2 heterocycles. The van der Waals surface area contributed by atoms with E-state index in [1.165, 1.54) is 19.2 Å². The second kappa shape index (κ2) is 10.2. The summed E-state index contributed by atoms with van der Waals surface area (Å²) in [5, 5.41) is 2.65. The van der Waals surface area contributed by atoms with Gasteiger partial charge < -0.3 is 14.5 Å². The summed E-state index contributed by atoms with van der Waals surface area (Å²) in [7, 11) is -0.669. The molecule has 1 fully saturated rings. The number of ether oxygens (including phenoxy) is 1. The number of β-lactam (4-membered cyclic amide) rings is 1. The van der Waals surface area contributed by atoms with Crippen molar-refractivity contribution in [1.82, 2.24) is 9.80 Å². The van der Waals surface area contributed by atoms with Gasteiger partial charge in [0, 0.05) is 30.3 Å². The first kappa shape index (κ1) is 27.7. The van der Waals surface area contributed by atoms with E-state index in [4.69, 9.17) is 9.57 Å². The van der Waals surface area contributed by atoms with Gasteiger partial charge in [-0.3, -0.25) is 9.69 Å². The van der Waals surface area contributed by atoms with E-state index >= 15 is 0 Å². The van der Waals surface area contributed by atoms with E-state index in [-0.39, 0.29) is 28.4 Å². The number of hydrogen-bond donors (Lipinski definition) is 0. The molecule has 11 heteroatoms. The van der Waals surface area contributed by atoms with Gasteiger partial charge >= 0.3 is 5.97 Å². The van der Waals surface area contributed by atoms with Gasteiger partial charge in [-0.05, 0) is 58.4 Å². The normalized spacial score (nSPS) is 21.9. The average molecular weight is 581 g/mol. The first-order valence-electron chi connectivity index (χ1n) is 11.2. The van der Waals surface area contributed by atoms with Crippen molar-refractivity contribution in [2.24, 2.45) is 5.16 Å². The van der Waals surface area contributed by atoms with Gasteiger partial charge in [-0.1, -0.05) is 33.2 Å². The molecular formula is C25H30BrN3O6S. The summed E-state index contributed by atoms with van der Waals surface area (Å²) in [6.45, 7) is 8.40. The van der Waals surface area contributed by atoms with Crippen LogP contribution in [-0.2, 0) is 35.6 Å². The molecule has 1 atom stereocenters. The second-order valence-electron chi connectivity index (χ2n) is 9.74. The highest BCUT2D eigenvalue weighted by atomic mass is 79.9. The largest absolute Gasteiger partial charge is 0.455 e. The maximum Gasteiger partial charge on any atom is 0.355 e. The first-order chi connectivity index (χ1) is 16.6. The van der Waals surface area contributed by atoms with Gasteiger partial charge in [-0.15, -0.1) is 0 Å². The van der Waals surface area contributed by atoms with Crippen LogP contribution in [0.1, 0.15) is 40.2 Å². The lowest BCUT2D eigenvalue weighted by atomic mass is 10.0. The molecule has 194 valence electrons. The fourth-order valence-corrected chi connectivity index (χ4v) is 6.33. The van der Waals surface area contributed by atoms with Gasteiger partial charge in [0.25, 0.3) is 5.91 Å². The van der Waals surface area contributed by atoms with Crippen molar-refractivity contribution in [3.05, 3.63) is 68.3 Å². The maximum atomic E-state index is 13.6. The Morgan fingerprint density at radius 3 is 2.53 bits per heavy atom. The third-order valence-electron chi connectivity index (χ3n) is 5.19. The third kappa shape index (κ3) is 5.73. The lowest BCUT2D eigenvalue weighted by Gasteiger charge is -2.46. The number of nitrogens with zero attached hydrogens (tertiary/aromatic N) is 3. The minimum Gasteiger partial charge on any atom is -0.455 e. The third-order valence-corrected chi connectivity index (χ3v) is 7.76. The van der Waals surface area contributed by atoms with E-state index in [0.29, 0.717) is 5.71 Å². The van der Waals surface area contributed by atoms with Crippen LogP contribution >= 0.6 is 15.9 Å². The monoisotopic (exact) mass is 579 g/mol. The zero-order valence-electron chi connectivity index (χ0n) is 21.3. The SMILES string of the molecule is CC1=C(C(=O)OC(C)(C)C)N2C(=O)/C(=C/C(C)=N\OCc3cccc(Br)c3)C2S(=O)(=O)/C1=C/N(C)C. The number of allylic oxidation sites excluding steroid dienone is 2. The summed E-state index contributed by atoms with van der Waals surface area (Å²) in [6.07, 6.45) is 2.80. The van der Waals surface area contributed by atoms with Crippen LogP contribution in [0.3, 0.4) is 0 Å². The van der Waals surface area contributed by atoms with Gasteiger partial charge in [0.15, 0.2) is 5.37 Å². The van der Waals surface area contributed by atoms with Crippen molar-refractivity contribution in [3.63, 3.8) is 0 Å². The average Bonchev–Trinajstić information content (AvgIpc) is 2.73. The minimum absolute atomic E-state index is 0.000482. The molecule has 9 nitrogen and oxygen atoms in total. The lowest BCUT2D eigenvalue weighted by molar-refractivity contribution is -0.155. The molecular weight excluding hydrogens is 550 g/mol. The molecule has 0 bridgehead atoms. The van der Waals surface area contributed by atoms with Crippen LogP contribution in [0.25, 0.3) is 0 Å². The van der Waals surface area contributed by atoms with E-state index < -0.39 is 32.7 Å². The molecule has 2 aliphatic rings. The van der Waals surface area contributed by atoms with Crippen LogP contribution in [0.2, 0.25) is 0 Å².